The molecule has 1 aliphatic rings. The summed E-state index contributed by atoms with van der Waals surface area (Å²) in [5.74, 6) is 0.161. The molecule has 4 rings (SSSR count). The number of aryl methyl sites for hydroxylation is 1. The lowest BCUT2D eigenvalue weighted by Crippen LogP contribution is -2.30. The molecule has 1 saturated heterocycles. The van der Waals surface area contributed by atoms with Crippen LogP contribution in [-0.4, -0.2) is 22.3 Å². The molecule has 0 spiro atoms. The summed E-state index contributed by atoms with van der Waals surface area (Å²) in [6, 6.07) is 10.3. The van der Waals surface area contributed by atoms with Crippen LogP contribution in [0.4, 0.5) is 0 Å². The second-order valence-corrected chi connectivity index (χ2v) is 7.59. The van der Waals surface area contributed by atoms with Crippen LogP contribution in [-0.2, 0) is 0 Å². The molecule has 3 nitrogen and oxygen atoms in total. The number of nitrogens with zero attached hydrogens (tertiary/aromatic N) is 2. The van der Waals surface area contributed by atoms with E-state index in [0.29, 0.717) is 0 Å². The van der Waals surface area contributed by atoms with Gasteiger partial charge in [0.1, 0.15) is 5.01 Å². The van der Waals surface area contributed by atoms with Crippen LogP contribution in [0.3, 0.4) is 0 Å². The van der Waals surface area contributed by atoms with E-state index < -0.39 is 0 Å². The number of benzene rings is 1. The zero-order valence-electron chi connectivity index (χ0n) is 12.3. The Balaban J connectivity index is 1.69. The zero-order chi connectivity index (χ0) is 15.1. The van der Waals surface area contributed by atoms with Gasteiger partial charge < -0.3 is 4.90 Å². The first-order valence-electron chi connectivity index (χ1n) is 7.44. The van der Waals surface area contributed by atoms with Crippen LogP contribution in [0.1, 0.15) is 39.1 Å². The van der Waals surface area contributed by atoms with Crippen LogP contribution in [0, 0.1) is 6.92 Å². The van der Waals surface area contributed by atoms with Crippen molar-refractivity contribution in [3.8, 4) is 0 Å². The standard InChI is InChI=1S/C17H16N2OS2/c1-11-8-10-21-15(11)17(20)19-9-4-6-13(19)16-18-12-5-2-3-7-14(12)22-16/h2-3,5,7-8,10,13H,4,6,9H2,1H3. The number of carbonyl (C=O) groups is 1. The van der Waals surface area contributed by atoms with Gasteiger partial charge in [-0.3, -0.25) is 4.79 Å². The van der Waals surface area contributed by atoms with Crippen molar-refractivity contribution >= 4 is 38.8 Å². The van der Waals surface area contributed by atoms with Crippen molar-refractivity contribution in [1.29, 1.82) is 0 Å². The van der Waals surface area contributed by atoms with Crippen LogP contribution in [0.15, 0.2) is 35.7 Å². The zero-order valence-corrected chi connectivity index (χ0v) is 13.9. The lowest BCUT2D eigenvalue weighted by atomic mass is 10.2. The molecule has 2 aromatic heterocycles. The Morgan fingerprint density at radius 2 is 2.18 bits per heavy atom. The van der Waals surface area contributed by atoms with E-state index in [1.165, 1.54) is 16.0 Å². The summed E-state index contributed by atoms with van der Waals surface area (Å²) in [5.41, 5.74) is 2.11. The highest BCUT2D eigenvalue weighted by Gasteiger charge is 2.33. The number of hydrogen-bond acceptors (Lipinski definition) is 4. The Labute approximate surface area is 137 Å². The quantitative estimate of drug-likeness (QED) is 0.686. The first-order valence-corrected chi connectivity index (χ1v) is 9.14. The number of hydrogen-bond donors (Lipinski definition) is 0. The third-order valence-corrected chi connectivity index (χ3v) is 6.31. The molecule has 0 radical (unpaired) electrons. The molecule has 1 aromatic carbocycles. The maximum atomic E-state index is 12.8. The van der Waals surface area contributed by atoms with Crippen molar-refractivity contribution < 1.29 is 4.79 Å². The monoisotopic (exact) mass is 328 g/mol. The second kappa shape index (κ2) is 5.48. The third kappa shape index (κ3) is 2.25. The van der Waals surface area contributed by atoms with Gasteiger partial charge in [0.2, 0.25) is 0 Å². The molecule has 0 bridgehead atoms. The fraction of sp³-hybridized carbons (Fsp3) is 0.294. The number of aromatic nitrogens is 1. The van der Waals surface area contributed by atoms with Crippen molar-refractivity contribution in [3.05, 3.63) is 51.2 Å². The Morgan fingerprint density at radius 3 is 2.95 bits per heavy atom. The number of amides is 1. The fourth-order valence-electron chi connectivity index (χ4n) is 3.02. The van der Waals surface area contributed by atoms with E-state index in [-0.39, 0.29) is 11.9 Å². The average Bonchev–Trinajstić information content (AvgIpc) is 3.24. The smallest absolute Gasteiger partial charge is 0.264 e. The van der Waals surface area contributed by atoms with Gasteiger partial charge in [-0.15, -0.1) is 22.7 Å². The number of thiazole rings is 1. The molecule has 1 amide bonds. The maximum Gasteiger partial charge on any atom is 0.264 e. The van der Waals surface area contributed by atoms with Gasteiger partial charge in [-0.25, -0.2) is 4.98 Å². The molecule has 22 heavy (non-hydrogen) atoms. The van der Waals surface area contributed by atoms with E-state index in [4.69, 9.17) is 4.98 Å². The van der Waals surface area contributed by atoms with Gasteiger partial charge >= 0.3 is 0 Å². The summed E-state index contributed by atoms with van der Waals surface area (Å²) in [6.07, 6.45) is 2.06. The van der Waals surface area contributed by atoms with Crippen LogP contribution >= 0.6 is 22.7 Å². The number of para-hydroxylation sites is 1. The summed E-state index contributed by atoms with van der Waals surface area (Å²) in [7, 11) is 0. The number of thiophene rings is 1. The molecule has 0 saturated carbocycles. The van der Waals surface area contributed by atoms with Crippen molar-refractivity contribution in [1.82, 2.24) is 9.88 Å². The van der Waals surface area contributed by atoms with E-state index in [1.807, 2.05) is 41.5 Å². The predicted octanol–water partition coefficient (Wildman–Crippen LogP) is 4.64. The van der Waals surface area contributed by atoms with E-state index >= 15 is 0 Å². The number of fused-ring (bicyclic) bond motifs is 1. The summed E-state index contributed by atoms with van der Waals surface area (Å²) >= 11 is 3.25. The minimum absolute atomic E-state index is 0.131. The number of likely N-dealkylation sites (tertiary alicyclic amines) is 1. The average molecular weight is 328 g/mol. The first kappa shape index (κ1) is 13.9. The molecule has 1 atom stereocenters. The normalized spacial score (nSPS) is 18.2. The molecule has 1 unspecified atom stereocenters. The molecule has 3 heterocycles. The molecule has 0 aliphatic carbocycles. The highest BCUT2D eigenvalue weighted by Crippen LogP contribution is 2.37. The van der Waals surface area contributed by atoms with E-state index in [1.54, 1.807) is 11.3 Å². The van der Waals surface area contributed by atoms with Crippen molar-refractivity contribution in [2.45, 2.75) is 25.8 Å². The summed E-state index contributed by atoms with van der Waals surface area (Å²) in [6.45, 7) is 2.84. The Morgan fingerprint density at radius 1 is 1.32 bits per heavy atom. The first-order chi connectivity index (χ1) is 10.7. The van der Waals surface area contributed by atoms with Crippen LogP contribution in [0.5, 0.6) is 0 Å². The highest BCUT2D eigenvalue weighted by atomic mass is 32.1. The lowest BCUT2D eigenvalue weighted by Gasteiger charge is -2.22. The SMILES string of the molecule is Cc1ccsc1C(=O)N1CCCC1c1nc2ccccc2s1. The molecule has 3 aromatic rings. The van der Waals surface area contributed by atoms with Crippen LogP contribution < -0.4 is 0 Å². The number of carbonyl (C=O) groups excluding carboxylic acids is 1. The van der Waals surface area contributed by atoms with Gasteiger partial charge in [-0.1, -0.05) is 12.1 Å². The molecule has 1 aliphatic heterocycles. The van der Waals surface area contributed by atoms with Gasteiger partial charge in [-0.05, 0) is 48.9 Å². The topological polar surface area (TPSA) is 33.2 Å². The Bertz CT molecular complexity index is 803. The maximum absolute atomic E-state index is 12.8. The van der Waals surface area contributed by atoms with E-state index in [9.17, 15) is 4.79 Å². The lowest BCUT2D eigenvalue weighted by molar-refractivity contribution is 0.0740. The highest BCUT2D eigenvalue weighted by molar-refractivity contribution is 7.18. The minimum Gasteiger partial charge on any atom is -0.328 e. The predicted molar refractivity (Wildman–Crippen MR) is 91.7 cm³/mol. The van der Waals surface area contributed by atoms with Gasteiger partial charge in [0.05, 0.1) is 21.1 Å². The summed E-state index contributed by atoms with van der Waals surface area (Å²) in [5, 5.41) is 3.06. The summed E-state index contributed by atoms with van der Waals surface area (Å²) < 4.78 is 1.20. The van der Waals surface area contributed by atoms with Crippen LogP contribution in [0.25, 0.3) is 10.2 Å². The largest absolute Gasteiger partial charge is 0.328 e. The molecule has 1 fully saturated rings. The third-order valence-electron chi connectivity index (χ3n) is 4.17. The van der Waals surface area contributed by atoms with E-state index in [2.05, 4.69) is 6.07 Å². The van der Waals surface area contributed by atoms with Gasteiger partial charge in [-0.2, -0.15) is 0 Å². The van der Waals surface area contributed by atoms with Gasteiger partial charge in [0.15, 0.2) is 0 Å². The van der Waals surface area contributed by atoms with Crippen molar-refractivity contribution in [3.63, 3.8) is 0 Å². The Kier molecular flexibility index (Phi) is 3.47. The van der Waals surface area contributed by atoms with Gasteiger partial charge in [0, 0.05) is 6.54 Å². The fourth-order valence-corrected chi connectivity index (χ4v) is 5.02. The number of rotatable bonds is 2. The van der Waals surface area contributed by atoms with Crippen LogP contribution in [0.2, 0.25) is 0 Å². The minimum atomic E-state index is 0.131. The second-order valence-electron chi connectivity index (χ2n) is 5.61. The molecule has 112 valence electrons. The molecular formula is C17H16N2OS2. The molecule has 5 heteroatoms. The Hall–Kier alpha value is -1.72. The van der Waals surface area contributed by atoms with Crippen molar-refractivity contribution in [2.75, 3.05) is 6.54 Å². The van der Waals surface area contributed by atoms with Crippen molar-refractivity contribution in [2.24, 2.45) is 0 Å². The van der Waals surface area contributed by atoms with E-state index in [0.717, 1.165) is 40.4 Å². The molecule has 0 N–H and O–H groups in total. The molecular weight excluding hydrogens is 312 g/mol. The summed E-state index contributed by atoms with van der Waals surface area (Å²) in [4.78, 5) is 20.5. The van der Waals surface area contributed by atoms with Gasteiger partial charge in [0.25, 0.3) is 5.91 Å².